The quantitative estimate of drug-likeness (QED) is 0.886. The highest BCUT2D eigenvalue weighted by Gasteiger charge is 2.42. The maximum Gasteiger partial charge on any atom is 0.0505 e. The van der Waals surface area contributed by atoms with Gasteiger partial charge in [0, 0.05) is 15.9 Å². The normalized spacial score (nSPS) is 20.7. The molecule has 0 bridgehead atoms. The summed E-state index contributed by atoms with van der Waals surface area (Å²) in [7, 11) is 0. The minimum absolute atomic E-state index is 0.0475. The van der Waals surface area contributed by atoms with Crippen molar-refractivity contribution in [3.05, 3.63) is 34.3 Å². The van der Waals surface area contributed by atoms with E-state index in [0.717, 1.165) is 22.9 Å². The first-order chi connectivity index (χ1) is 7.18. The topological polar surface area (TPSA) is 46.2 Å². The average Bonchev–Trinajstić information content (AvgIpc) is 2.17. The van der Waals surface area contributed by atoms with Gasteiger partial charge in [-0.25, -0.2) is 0 Å². The molecule has 1 aliphatic carbocycles. The van der Waals surface area contributed by atoms with E-state index >= 15 is 0 Å². The Morgan fingerprint density at radius 3 is 2.67 bits per heavy atom. The van der Waals surface area contributed by atoms with Gasteiger partial charge in [-0.1, -0.05) is 34.5 Å². The zero-order chi connectivity index (χ0) is 10.9. The van der Waals surface area contributed by atoms with Gasteiger partial charge in [-0.3, -0.25) is 0 Å². The van der Waals surface area contributed by atoms with Crippen molar-refractivity contribution in [2.45, 2.75) is 25.3 Å². The highest BCUT2D eigenvalue weighted by Crippen LogP contribution is 2.48. The van der Waals surface area contributed by atoms with Crippen LogP contribution in [-0.4, -0.2) is 11.7 Å². The van der Waals surface area contributed by atoms with Crippen LogP contribution in [0.3, 0.4) is 0 Å². The van der Waals surface area contributed by atoms with Crippen LogP contribution in [0.5, 0.6) is 0 Å². The first-order valence-corrected chi connectivity index (χ1v) is 6.09. The molecule has 1 unspecified atom stereocenters. The fourth-order valence-corrected chi connectivity index (χ4v) is 2.67. The lowest BCUT2D eigenvalue weighted by Gasteiger charge is -2.45. The Hall–Kier alpha value is -0.380. The molecular weight excluding hydrogens is 254 g/mol. The first kappa shape index (κ1) is 11.1. The Morgan fingerprint density at radius 2 is 2.20 bits per heavy atom. The molecule has 1 aliphatic rings. The third-order valence-electron chi connectivity index (χ3n) is 3.53. The molecule has 1 atom stereocenters. The summed E-state index contributed by atoms with van der Waals surface area (Å²) in [5.41, 5.74) is 7.27. The lowest BCUT2D eigenvalue weighted by molar-refractivity contribution is 0.0184. The van der Waals surface area contributed by atoms with Crippen LogP contribution in [-0.2, 0) is 0 Å². The molecular formula is C12H16BrNO. The van der Waals surface area contributed by atoms with Crippen LogP contribution < -0.4 is 5.73 Å². The van der Waals surface area contributed by atoms with Gasteiger partial charge in [-0.15, -0.1) is 0 Å². The minimum Gasteiger partial charge on any atom is -0.396 e. The van der Waals surface area contributed by atoms with Crippen LogP contribution in [0.15, 0.2) is 28.7 Å². The van der Waals surface area contributed by atoms with Gasteiger partial charge in [0.25, 0.3) is 0 Å². The second-order valence-corrected chi connectivity index (χ2v) is 5.32. The Morgan fingerprint density at radius 1 is 1.47 bits per heavy atom. The SMILES string of the molecule is NC(c1cccc(Br)c1)C1(CO)CCC1. The van der Waals surface area contributed by atoms with E-state index in [0.29, 0.717) is 0 Å². The molecule has 0 radical (unpaired) electrons. The van der Waals surface area contributed by atoms with Gasteiger partial charge < -0.3 is 10.8 Å². The predicted molar refractivity (Wildman–Crippen MR) is 64.4 cm³/mol. The van der Waals surface area contributed by atoms with Gasteiger partial charge in [-0.2, -0.15) is 0 Å². The van der Waals surface area contributed by atoms with Crippen molar-refractivity contribution < 1.29 is 5.11 Å². The van der Waals surface area contributed by atoms with E-state index in [1.54, 1.807) is 0 Å². The molecule has 0 aliphatic heterocycles. The molecule has 15 heavy (non-hydrogen) atoms. The third-order valence-corrected chi connectivity index (χ3v) is 4.03. The molecule has 82 valence electrons. The molecule has 1 fully saturated rings. The van der Waals surface area contributed by atoms with Gasteiger partial charge in [0.15, 0.2) is 0 Å². The summed E-state index contributed by atoms with van der Waals surface area (Å²) in [6, 6.07) is 8.01. The van der Waals surface area contributed by atoms with E-state index in [-0.39, 0.29) is 18.1 Å². The molecule has 0 aromatic heterocycles. The van der Waals surface area contributed by atoms with Gasteiger partial charge in [-0.05, 0) is 30.5 Å². The largest absolute Gasteiger partial charge is 0.396 e. The number of aliphatic hydroxyl groups excluding tert-OH is 1. The average molecular weight is 270 g/mol. The predicted octanol–water partition coefficient (Wildman–Crippen LogP) is 2.61. The van der Waals surface area contributed by atoms with Gasteiger partial charge >= 0.3 is 0 Å². The van der Waals surface area contributed by atoms with Crippen molar-refractivity contribution in [3.8, 4) is 0 Å². The zero-order valence-electron chi connectivity index (χ0n) is 8.62. The summed E-state index contributed by atoms with van der Waals surface area (Å²) < 4.78 is 1.04. The standard InChI is InChI=1S/C12H16BrNO/c13-10-4-1-3-9(7-10)11(14)12(8-15)5-2-6-12/h1,3-4,7,11,15H,2,5-6,8,14H2. The van der Waals surface area contributed by atoms with Gasteiger partial charge in [0.05, 0.1) is 6.61 Å². The molecule has 2 nitrogen and oxygen atoms in total. The van der Waals surface area contributed by atoms with Crippen molar-refractivity contribution in [2.24, 2.45) is 11.1 Å². The number of hydrogen-bond donors (Lipinski definition) is 2. The molecule has 0 spiro atoms. The molecule has 1 aromatic rings. The fourth-order valence-electron chi connectivity index (χ4n) is 2.25. The van der Waals surface area contributed by atoms with E-state index < -0.39 is 0 Å². The smallest absolute Gasteiger partial charge is 0.0505 e. The number of hydrogen-bond acceptors (Lipinski definition) is 2. The number of aliphatic hydroxyl groups is 1. The second kappa shape index (κ2) is 4.24. The van der Waals surface area contributed by atoms with Gasteiger partial charge in [0.2, 0.25) is 0 Å². The maximum atomic E-state index is 9.45. The molecule has 3 heteroatoms. The Kier molecular flexibility index (Phi) is 3.14. The molecule has 0 heterocycles. The van der Waals surface area contributed by atoms with Gasteiger partial charge in [0.1, 0.15) is 0 Å². The number of benzene rings is 1. The number of nitrogens with two attached hydrogens (primary N) is 1. The van der Waals surface area contributed by atoms with Crippen LogP contribution in [0.25, 0.3) is 0 Å². The summed E-state index contributed by atoms with van der Waals surface area (Å²) in [6.07, 6.45) is 3.26. The van der Waals surface area contributed by atoms with E-state index in [1.165, 1.54) is 6.42 Å². The third kappa shape index (κ3) is 1.96. The molecule has 0 amide bonds. The molecule has 3 N–H and O–H groups in total. The van der Waals surface area contributed by atoms with Crippen molar-refractivity contribution in [1.29, 1.82) is 0 Å². The number of rotatable bonds is 3. The lowest BCUT2D eigenvalue weighted by Crippen LogP contribution is -2.43. The summed E-state index contributed by atoms with van der Waals surface area (Å²) >= 11 is 3.44. The van der Waals surface area contributed by atoms with E-state index in [2.05, 4.69) is 15.9 Å². The monoisotopic (exact) mass is 269 g/mol. The highest BCUT2D eigenvalue weighted by atomic mass is 79.9. The molecule has 1 saturated carbocycles. The van der Waals surface area contributed by atoms with E-state index in [1.807, 2.05) is 24.3 Å². The Bertz CT molecular complexity index is 344. The van der Waals surface area contributed by atoms with Crippen LogP contribution in [0.2, 0.25) is 0 Å². The van der Waals surface area contributed by atoms with Crippen LogP contribution >= 0.6 is 15.9 Å². The zero-order valence-corrected chi connectivity index (χ0v) is 10.2. The summed E-state index contributed by atoms with van der Waals surface area (Å²) in [4.78, 5) is 0. The first-order valence-electron chi connectivity index (χ1n) is 5.30. The number of halogens is 1. The summed E-state index contributed by atoms with van der Waals surface area (Å²) in [5.74, 6) is 0. The second-order valence-electron chi connectivity index (χ2n) is 4.41. The maximum absolute atomic E-state index is 9.45. The Labute approximate surface area is 98.6 Å². The van der Waals surface area contributed by atoms with Crippen LogP contribution in [0.4, 0.5) is 0 Å². The summed E-state index contributed by atoms with van der Waals surface area (Å²) in [6.45, 7) is 0.195. The summed E-state index contributed by atoms with van der Waals surface area (Å²) in [5, 5.41) is 9.45. The van der Waals surface area contributed by atoms with E-state index in [9.17, 15) is 5.11 Å². The highest BCUT2D eigenvalue weighted by molar-refractivity contribution is 9.10. The van der Waals surface area contributed by atoms with Crippen LogP contribution in [0, 0.1) is 5.41 Å². The van der Waals surface area contributed by atoms with Crippen molar-refractivity contribution in [3.63, 3.8) is 0 Å². The molecule has 1 aromatic carbocycles. The Balaban J connectivity index is 2.23. The van der Waals surface area contributed by atoms with Crippen molar-refractivity contribution in [1.82, 2.24) is 0 Å². The lowest BCUT2D eigenvalue weighted by atomic mass is 9.63. The van der Waals surface area contributed by atoms with Crippen molar-refractivity contribution in [2.75, 3.05) is 6.61 Å². The molecule has 2 rings (SSSR count). The fraction of sp³-hybridized carbons (Fsp3) is 0.500. The van der Waals surface area contributed by atoms with Crippen molar-refractivity contribution >= 4 is 15.9 Å². The van der Waals surface area contributed by atoms with Crippen LogP contribution in [0.1, 0.15) is 30.9 Å². The van der Waals surface area contributed by atoms with E-state index in [4.69, 9.17) is 5.73 Å². The minimum atomic E-state index is -0.0687. The molecule has 0 saturated heterocycles.